The number of anilines is 1. The van der Waals surface area contributed by atoms with Crippen molar-refractivity contribution in [1.29, 1.82) is 0 Å². The van der Waals surface area contributed by atoms with Crippen molar-refractivity contribution in [1.82, 2.24) is 4.98 Å². The van der Waals surface area contributed by atoms with Gasteiger partial charge < -0.3 is 14.8 Å². The summed E-state index contributed by atoms with van der Waals surface area (Å²) in [5.74, 6) is 1.83. The minimum Gasteiger partial charge on any atom is -0.487 e. The molecule has 0 unspecified atom stereocenters. The van der Waals surface area contributed by atoms with E-state index in [1.807, 2.05) is 81.4 Å². The summed E-state index contributed by atoms with van der Waals surface area (Å²) in [7, 11) is 0. The molecule has 30 heavy (non-hydrogen) atoms. The Morgan fingerprint density at radius 1 is 1.00 bits per heavy atom. The number of amides is 1. The van der Waals surface area contributed by atoms with E-state index in [0.29, 0.717) is 28.5 Å². The molecule has 3 rings (SSSR count). The van der Waals surface area contributed by atoms with Gasteiger partial charge in [0.2, 0.25) is 0 Å². The van der Waals surface area contributed by atoms with Crippen molar-refractivity contribution in [2.24, 2.45) is 0 Å². The molecule has 0 saturated heterocycles. The van der Waals surface area contributed by atoms with Crippen molar-refractivity contribution in [3.8, 4) is 17.2 Å². The van der Waals surface area contributed by atoms with Crippen molar-refractivity contribution >= 4 is 11.6 Å². The van der Waals surface area contributed by atoms with Gasteiger partial charge in [0.25, 0.3) is 5.91 Å². The van der Waals surface area contributed by atoms with Crippen LogP contribution in [0.3, 0.4) is 0 Å². The van der Waals surface area contributed by atoms with Crippen molar-refractivity contribution in [3.63, 3.8) is 0 Å². The maximum absolute atomic E-state index is 12.6. The van der Waals surface area contributed by atoms with Crippen molar-refractivity contribution in [2.45, 2.75) is 46.6 Å². The Labute approximate surface area is 178 Å². The summed E-state index contributed by atoms with van der Waals surface area (Å²) in [5, 5.41) is 2.92. The standard InChI is InChI=1S/C25H28N2O3/c1-5-8-19-13-16-22(18(4)26-19)25(28)27-20-11-14-21(15-12-20)30-24-10-7-6-9-23(24)29-17(2)3/h6-7,9-17H,5,8H2,1-4H3,(H,27,28). The smallest absolute Gasteiger partial charge is 0.257 e. The second-order valence-electron chi connectivity index (χ2n) is 7.38. The van der Waals surface area contributed by atoms with Gasteiger partial charge in [-0.05, 0) is 75.7 Å². The predicted molar refractivity (Wildman–Crippen MR) is 120 cm³/mol. The Hall–Kier alpha value is -3.34. The van der Waals surface area contributed by atoms with Crippen LogP contribution >= 0.6 is 0 Å². The molecule has 1 N–H and O–H groups in total. The zero-order valence-electron chi connectivity index (χ0n) is 17.9. The van der Waals surface area contributed by atoms with Crippen molar-refractivity contribution in [2.75, 3.05) is 5.32 Å². The zero-order chi connectivity index (χ0) is 21.5. The lowest BCUT2D eigenvalue weighted by Crippen LogP contribution is -2.14. The zero-order valence-corrected chi connectivity index (χ0v) is 17.9. The molecule has 1 aromatic heterocycles. The van der Waals surface area contributed by atoms with Gasteiger partial charge in [0.15, 0.2) is 11.5 Å². The van der Waals surface area contributed by atoms with Gasteiger partial charge in [-0.1, -0.05) is 25.5 Å². The second-order valence-corrected chi connectivity index (χ2v) is 7.38. The van der Waals surface area contributed by atoms with E-state index >= 15 is 0 Å². The molecule has 1 heterocycles. The number of pyridine rings is 1. The molecule has 0 spiro atoms. The number of carbonyl (C=O) groups excluding carboxylic acids is 1. The Kier molecular flexibility index (Phi) is 7.07. The molecule has 3 aromatic rings. The molecule has 5 heteroatoms. The number of nitrogens with one attached hydrogen (secondary N) is 1. The maximum atomic E-state index is 12.6. The summed E-state index contributed by atoms with van der Waals surface area (Å²) in [6.07, 6.45) is 2.00. The monoisotopic (exact) mass is 404 g/mol. The van der Waals surface area contributed by atoms with Crippen LogP contribution in [0.4, 0.5) is 5.69 Å². The molecule has 0 saturated carbocycles. The fraction of sp³-hybridized carbons (Fsp3) is 0.280. The molecule has 0 atom stereocenters. The van der Waals surface area contributed by atoms with E-state index in [-0.39, 0.29) is 12.0 Å². The van der Waals surface area contributed by atoms with Crippen LogP contribution in [0.25, 0.3) is 0 Å². The van der Waals surface area contributed by atoms with Crippen LogP contribution in [-0.4, -0.2) is 17.0 Å². The van der Waals surface area contributed by atoms with Gasteiger partial charge in [-0.15, -0.1) is 0 Å². The summed E-state index contributed by atoms with van der Waals surface area (Å²) in [5.41, 5.74) is 3.01. The summed E-state index contributed by atoms with van der Waals surface area (Å²) in [6, 6.07) is 18.6. The molecule has 0 aliphatic heterocycles. The van der Waals surface area contributed by atoms with E-state index < -0.39 is 0 Å². The molecule has 5 nitrogen and oxygen atoms in total. The Morgan fingerprint density at radius 2 is 1.70 bits per heavy atom. The lowest BCUT2D eigenvalue weighted by molar-refractivity contribution is 0.102. The average molecular weight is 405 g/mol. The fourth-order valence-electron chi connectivity index (χ4n) is 3.07. The summed E-state index contributed by atoms with van der Waals surface area (Å²) in [4.78, 5) is 17.2. The molecule has 1 amide bonds. The minimum absolute atomic E-state index is 0.0568. The van der Waals surface area contributed by atoms with E-state index in [1.54, 1.807) is 0 Å². The van der Waals surface area contributed by atoms with Gasteiger partial charge in [0.1, 0.15) is 5.75 Å². The fourth-order valence-corrected chi connectivity index (χ4v) is 3.07. The van der Waals surface area contributed by atoms with Crippen molar-refractivity contribution < 1.29 is 14.3 Å². The minimum atomic E-state index is -0.174. The van der Waals surface area contributed by atoms with Crippen LogP contribution in [0.2, 0.25) is 0 Å². The highest BCUT2D eigenvalue weighted by Gasteiger charge is 2.12. The Balaban J connectivity index is 1.67. The highest BCUT2D eigenvalue weighted by atomic mass is 16.5. The quantitative estimate of drug-likeness (QED) is 0.487. The normalized spacial score (nSPS) is 10.7. The first-order valence-corrected chi connectivity index (χ1v) is 10.3. The van der Waals surface area contributed by atoms with Crippen LogP contribution in [0.5, 0.6) is 17.2 Å². The van der Waals surface area contributed by atoms with E-state index in [1.165, 1.54) is 0 Å². The molecule has 0 fully saturated rings. The van der Waals surface area contributed by atoms with E-state index in [4.69, 9.17) is 9.47 Å². The molecule has 0 aliphatic rings. The van der Waals surface area contributed by atoms with Crippen LogP contribution < -0.4 is 14.8 Å². The summed E-state index contributed by atoms with van der Waals surface area (Å²) >= 11 is 0. The number of carbonyl (C=O) groups is 1. The third kappa shape index (κ3) is 5.60. The number of aryl methyl sites for hydroxylation is 2. The highest BCUT2D eigenvalue weighted by molar-refractivity contribution is 6.05. The number of para-hydroxylation sites is 2. The van der Waals surface area contributed by atoms with Crippen LogP contribution in [0.1, 0.15) is 48.9 Å². The molecular formula is C25H28N2O3. The maximum Gasteiger partial charge on any atom is 0.257 e. The van der Waals surface area contributed by atoms with E-state index in [2.05, 4.69) is 17.2 Å². The lowest BCUT2D eigenvalue weighted by Gasteiger charge is -2.15. The van der Waals surface area contributed by atoms with Gasteiger partial charge in [-0.2, -0.15) is 0 Å². The number of benzene rings is 2. The third-order valence-electron chi connectivity index (χ3n) is 4.45. The predicted octanol–water partition coefficient (Wildman–Crippen LogP) is 6.17. The highest BCUT2D eigenvalue weighted by Crippen LogP contribution is 2.32. The first-order valence-electron chi connectivity index (χ1n) is 10.3. The molecule has 0 radical (unpaired) electrons. The summed E-state index contributed by atoms with van der Waals surface area (Å²) < 4.78 is 11.8. The van der Waals surface area contributed by atoms with Gasteiger partial charge in [-0.3, -0.25) is 9.78 Å². The molecule has 156 valence electrons. The third-order valence-corrected chi connectivity index (χ3v) is 4.45. The molecule has 2 aromatic carbocycles. The SMILES string of the molecule is CCCc1ccc(C(=O)Nc2ccc(Oc3ccccc3OC(C)C)cc2)c(C)n1. The van der Waals surface area contributed by atoms with E-state index in [9.17, 15) is 4.79 Å². The number of hydrogen-bond donors (Lipinski definition) is 1. The van der Waals surface area contributed by atoms with Crippen LogP contribution in [0.15, 0.2) is 60.7 Å². The number of aromatic nitrogens is 1. The van der Waals surface area contributed by atoms with Gasteiger partial charge in [0.05, 0.1) is 17.4 Å². The largest absolute Gasteiger partial charge is 0.487 e. The van der Waals surface area contributed by atoms with Crippen LogP contribution in [-0.2, 0) is 6.42 Å². The molecular weight excluding hydrogens is 376 g/mol. The Morgan fingerprint density at radius 3 is 2.33 bits per heavy atom. The topological polar surface area (TPSA) is 60.5 Å². The molecule has 0 aliphatic carbocycles. The molecule has 0 bridgehead atoms. The summed E-state index contributed by atoms with van der Waals surface area (Å²) in [6.45, 7) is 7.92. The first kappa shape index (κ1) is 21.4. The Bertz CT molecular complexity index is 998. The van der Waals surface area contributed by atoms with E-state index in [0.717, 1.165) is 24.2 Å². The van der Waals surface area contributed by atoms with Crippen LogP contribution in [0, 0.1) is 6.92 Å². The van der Waals surface area contributed by atoms with Gasteiger partial charge in [-0.25, -0.2) is 0 Å². The van der Waals surface area contributed by atoms with Gasteiger partial charge in [0, 0.05) is 11.4 Å². The average Bonchev–Trinajstić information content (AvgIpc) is 2.71. The number of ether oxygens (including phenoxy) is 2. The number of nitrogens with zero attached hydrogens (tertiary/aromatic N) is 1. The number of rotatable bonds is 8. The second kappa shape index (κ2) is 9.92. The van der Waals surface area contributed by atoms with Gasteiger partial charge >= 0.3 is 0 Å². The number of hydrogen-bond acceptors (Lipinski definition) is 4. The lowest BCUT2D eigenvalue weighted by atomic mass is 10.1. The van der Waals surface area contributed by atoms with Crippen molar-refractivity contribution in [3.05, 3.63) is 77.6 Å². The first-order chi connectivity index (χ1) is 14.5.